The minimum Gasteiger partial charge on any atom is -0.336 e. The summed E-state index contributed by atoms with van der Waals surface area (Å²) < 4.78 is 0. The maximum absolute atomic E-state index is 12.4. The van der Waals surface area contributed by atoms with Gasteiger partial charge in [-0.05, 0) is 48.9 Å². The molecule has 2 aromatic rings. The third kappa shape index (κ3) is 4.10. The van der Waals surface area contributed by atoms with Crippen LogP contribution in [0.4, 0.5) is 0 Å². The number of hydrogen-bond donors (Lipinski definition) is 1. The van der Waals surface area contributed by atoms with Gasteiger partial charge in [-0.3, -0.25) is 4.79 Å². The van der Waals surface area contributed by atoms with E-state index in [1.807, 2.05) is 23.1 Å². The van der Waals surface area contributed by atoms with E-state index in [2.05, 4.69) is 16.0 Å². The highest BCUT2D eigenvalue weighted by Gasteiger charge is 2.28. The fourth-order valence-corrected chi connectivity index (χ4v) is 3.40. The summed E-state index contributed by atoms with van der Waals surface area (Å²) in [6.45, 7) is 1.40. The van der Waals surface area contributed by atoms with Crippen LogP contribution in [0, 0.1) is 5.92 Å². The van der Waals surface area contributed by atoms with E-state index in [9.17, 15) is 4.79 Å². The molecule has 3 rings (SSSR count). The number of nitrogens with zero attached hydrogens (tertiary/aromatic N) is 3. The zero-order valence-electron chi connectivity index (χ0n) is 13.4. The van der Waals surface area contributed by atoms with Crippen molar-refractivity contribution >= 4 is 17.5 Å². The topological polar surface area (TPSA) is 72.1 Å². The Bertz CT molecular complexity index is 686. The van der Waals surface area contributed by atoms with Gasteiger partial charge in [0.25, 0.3) is 5.91 Å². The van der Waals surface area contributed by atoms with Crippen LogP contribution < -0.4 is 5.73 Å². The van der Waals surface area contributed by atoms with E-state index >= 15 is 0 Å². The Kier molecular flexibility index (Phi) is 5.43. The van der Waals surface area contributed by atoms with E-state index in [0.29, 0.717) is 19.0 Å². The molecule has 2 heterocycles. The van der Waals surface area contributed by atoms with Crippen LogP contribution in [0.5, 0.6) is 0 Å². The Morgan fingerprint density at radius 1 is 1.25 bits per heavy atom. The Balaban J connectivity index is 1.54. The van der Waals surface area contributed by atoms with Gasteiger partial charge in [-0.15, -0.1) is 0 Å². The van der Waals surface area contributed by atoms with Crippen LogP contribution in [0.3, 0.4) is 0 Å². The lowest BCUT2D eigenvalue weighted by Crippen LogP contribution is -2.44. The molecule has 0 unspecified atom stereocenters. The number of carbonyl (C=O) groups excluding carboxylic acids is 1. The lowest BCUT2D eigenvalue weighted by Gasteiger charge is -2.34. The lowest BCUT2D eigenvalue weighted by atomic mass is 9.86. The highest BCUT2D eigenvalue weighted by molar-refractivity contribution is 6.30. The summed E-state index contributed by atoms with van der Waals surface area (Å²) in [5.74, 6) is 0.571. The Morgan fingerprint density at radius 2 is 1.96 bits per heavy atom. The molecule has 1 aromatic heterocycles. The van der Waals surface area contributed by atoms with Crippen molar-refractivity contribution in [3.05, 3.63) is 59.1 Å². The lowest BCUT2D eigenvalue weighted by molar-refractivity contribution is 0.0665. The molecule has 6 heteroatoms. The quantitative estimate of drug-likeness (QED) is 0.925. The van der Waals surface area contributed by atoms with Crippen LogP contribution in [-0.2, 0) is 6.42 Å². The molecule has 1 aliphatic heterocycles. The first-order chi connectivity index (χ1) is 11.6. The SMILES string of the molecule is N[C@H](Cc1cccc(Cl)c1)C1CCN(C(=O)c2ncccn2)CC1. The first-order valence-corrected chi connectivity index (χ1v) is 8.57. The monoisotopic (exact) mass is 344 g/mol. The standard InChI is InChI=1S/C18H21ClN4O/c19-15-4-1-3-13(11-15)12-16(20)14-5-9-23(10-6-14)18(24)17-21-7-2-8-22-17/h1-4,7-8,11,14,16H,5-6,9-10,12,20H2/t16-/m1/s1. The number of piperidine rings is 1. The number of halogens is 1. The summed E-state index contributed by atoms with van der Waals surface area (Å²) in [6, 6.07) is 9.62. The number of aromatic nitrogens is 2. The molecule has 24 heavy (non-hydrogen) atoms. The number of likely N-dealkylation sites (tertiary alicyclic amines) is 1. The fourth-order valence-electron chi connectivity index (χ4n) is 3.18. The summed E-state index contributed by atoms with van der Waals surface area (Å²) in [5, 5.41) is 0.739. The van der Waals surface area contributed by atoms with Crippen LogP contribution in [0.1, 0.15) is 29.0 Å². The van der Waals surface area contributed by atoms with Gasteiger partial charge in [-0.25, -0.2) is 9.97 Å². The highest BCUT2D eigenvalue weighted by atomic mass is 35.5. The Hall–Kier alpha value is -1.98. The maximum Gasteiger partial charge on any atom is 0.291 e. The molecular formula is C18H21ClN4O. The van der Waals surface area contributed by atoms with E-state index in [1.165, 1.54) is 0 Å². The van der Waals surface area contributed by atoms with Crippen molar-refractivity contribution in [3.63, 3.8) is 0 Å². The first-order valence-electron chi connectivity index (χ1n) is 8.20. The van der Waals surface area contributed by atoms with E-state index < -0.39 is 0 Å². The molecule has 0 spiro atoms. The number of carbonyl (C=O) groups is 1. The van der Waals surface area contributed by atoms with Crippen molar-refractivity contribution in [1.82, 2.24) is 14.9 Å². The molecule has 1 aromatic carbocycles. The zero-order valence-corrected chi connectivity index (χ0v) is 14.2. The van der Waals surface area contributed by atoms with Gasteiger partial charge in [-0.1, -0.05) is 23.7 Å². The summed E-state index contributed by atoms with van der Waals surface area (Å²) in [6.07, 6.45) is 5.79. The first kappa shape index (κ1) is 16.9. The van der Waals surface area contributed by atoms with E-state index in [4.69, 9.17) is 17.3 Å². The van der Waals surface area contributed by atoms with Crippen molar-refractivity contribution in [2.45, 2.75) is 25.3 Å². The van der Waals surface area contributed by atoms with Crippen LogP contribution in [0.25, 0.3) is 0 Å². The molecular weight excluding hydrogens is 324 g/mol. The molecule has 1 amide bonds. The number of rotatable bonds is 4. The summed E-state index contributed by atoms with van der Waals surface area (Å²) in [4.78, 5) is 22.2. The van der Waals surface area contributed by atoms with E-state index in [1.54, 1.807) is 18.5 Å². The average molecular weight is 345 g/mol. The molecule has 0 aliphatic carbocycles. The normalized spacial score (nSPS) is 16.8. The molecule has 0 bridgehead atoms. The highest BCUT2D eigenvalue weighted by Crippen LogP contribution is 2.23. The van der Waals surface area contributed by atoms with Gasteiger partial charge < -0.3 is 10.6 Å². The summed E-state index contributed by atoms with van der Waals surface area (Å²) in [7, 11) is 0. The molecule has 1 atom stereocenters. The van der Waals surface area contributed by atoms with Gasteiger partial charge in [0.2, 0.25) is 5.82 Å². The smallest absolute Gasteiger partial charge is 0.291 e. The fraction of sp³-hybridized carbons (Fsp3) is 0.389. The third-order valence-electron chi connectivity index (χ3n) is 4.55. The maximum atomic E-state index is 12.4. The summed E-state index contributed by atoms with van der Waals surface area (Å²) >= 11 is 6.03. The predicted octanol–water partition coefficient (Wildman–Crippen LogP) is 2.55. The van der Waals surface area contributed by atoms with Crippen LogP contribution in [0.2, 0.25) is 5.02 Å². The molecule has 1 saturated heterocycles. The van der Waals surface area contributed by atoms with Gasteiger partial charge in [0, 0.05) is 36.5 Å². The summed E-state index contributed by atoms with van der Waals surface area (Å²) in [5.41, 5.74) is 7.55. The van der Waals surface area contributed by atoms with E-state index in [0.717, 1.165) is 29.8 Å². The number of nitrogens with two attached hydrogens (primary N) is 1. The van der Waals surface area contributed by atoms with Gasteiger partial charge in [-0.2, -0.15) is 0 Å². The van der Waals surface area contributed by atoms with Crippen LogP contribution in [0.15, 0.2) is 42.7 Å². The van der Waals surface area contributed by atoms with Gasteiger partial charge >= 0.3 is 0 Å². The minimum atomic E-state index is -0.0996. The molecule has 126 valence electrons. The van der Waals surface area contributed by atoms with Crippen LogP contribution >= 0.6 is 11.6 Å². The second-order valence-electron chi connectivity index (χ2n) is 6.20. The second-order valence-corrected chi connectivity index (χ2v) is 6.64. The van der Waals surface area contributed by atoms with Crippen molar-refractivity contribution in [2.24, 2.45) is 11.7 Å². The van der Waals surface area contributed by atoms with Crippen molar-refractivity contribution < 1.29 is 4.79 Å². The van der Waals surface area contributed by atoms with Gasteiger partial charge in [0.1, 0.15) is 0 Å². The Morgan fingerprint density at radius 3 is 2.62 bits per heavy atom. The van der Waals surface area contributed by atoms with Gasteiger partial charge in [0.15, 0.2) is 0 Å². The van der Waals surface area contributed by atoms with Crippen molar-refractivity contribution in [3.8, 4) is 0 Å². The molecule has 1 fully saturated rings. The number of amides is 1. The number of benzene rings is 1. The number of hydrogen-bond acceptors (Lipinski definition) is 4. The van der Waals surface area contributed by atoms with Crippen molar-refractivity contribution in [1.29, 1.82) is 0 Å². The van der Waals surface area contributed by atoms with Crippen molar-refractivity contribution in [2.75, 3.05) is 13.1 Å². The van der Waals surface area contributed by atoms with E-state index in [-0.39, 0.29) is 17.8 Å². The predicted molar refractivity (Wildman–Crippen MR) is 93.8 cm³/mol. The molecule has 2 N–H and O–H groups in total. The zero-order chi connectivity index (χ0) is 16.9. The molecule has 0 radical (unpaired) electrons. The van der Waals surface area contributed by atoms with Crippen LogP contribution in [-0.4, -0.2) is 39.9 Å². The van der Waals surface area contributed by atoms with Gasteiger partial charge in [0.05, 0.1) is 0 Å². The molecule has 0 saturated carbocycles. The minimum absolute atomic E-state index is 0.0775. The third-order valence-corrected chi connectivity index (χ3v) is 4.78. The largest absolute Gasteiger partial charge is 0.336 e. The second kappa shape index (κ2) is 7.73. The molecule has 1 aliphatic rings. The Labute approximate surface area is 146 Å². The molecule has 5 nitrogen and oxygen atoms in total. The average Bonchev–Trinajstić information content (AvgIpc) is 2.62.